The number of carbonyl (C=O) groups is 2. The van der Waals surface area contributed by atoms with Gasteiger partial charge in [0.15, 0.2) is 0 Å². The third-order valence-corrected chi connectivity index (χ3v) is 2.33. The van der Waals surface area contributed by atoms with E-state index in [-0.39, 0.29) is 8.76 Å². The van der Waals surface area contributed by atoms with E-state index >= 15 is 0 Å². The second-order valence-corrected chi connectivity index (χ2v) is 4.05. The van der Waals surface area contributed by atoms with Crippen LogP contribution in [0.4, 0.5) is 0 Å². The van der Waals surface area contributed by atoms with Crippen LogP contribution in [0.2, 0.25) is 0 Å². The van der Waals surface area contributed by atoms with Crippen LogP contribution in [0.25, 0.3) is 0 Å². The molecule has 92 valence electrons. The number of primary amides is 1. The molecule has 0 aromatic heterocycles. The molecule has 0 aromatic carbocycles. The van der Waals surface area contributed by atoms with E-state index in [1.54, 1.807) is 0 Å². The Kier molecular flexibility index (Phi) is 5.33. The number of rotatable bonds is 4. The largest absolute Gasteiger partial charge is 0.369 e. The highest BCUT2D eigenvalue weighted by molar-refractivity contribution is 6.07. The molecule has 0 radical (unpaired) electrons. The van der Waals surface area contributed by atoms with Crippen LogP contribution in [0.15, 0.2) is 0 Å². The SMILES string of the molecule is CC.CC(C)CNC(=O)C1(C(N)=O)CC1.[HH].[HH]. The predicted molar refractivity (Wildman–Crippen MR) is 64.3 cm³/mol. The second kappa shape index (κ2) is 5.73. The summed E-state index contributed by atoms with van der Waals surface area (Å²) in [5.74, 6) is -0.296. The Hall–Kier alpha value is -1.06. The summed E-state index contributed by atoms with van der Waals surface area (Å²) in [5.41, 5.74) is 4.27. The van der Waals surface area contributed by atoms with E-state index < -0.39 is 11.3 Å². The summed E-state index contributed by atoms with van der Waals surface area (Å²) in [7, 11) is 0. The quantitative estimate of drug-likeness (QED) is 0.703. The lowest BCUT2D eigenvalue weighted by Gasteiger charge is -2.12. The molecule has 1 saturated carbocycles. The van der Waals surface area contributed by atoms with Gasteiger partial charge in [-0.15, -0.1) is 0 Å². The van der Waals surface area contributed by atoms with Gasteiger partial charge in [0.05, 0.1) is 0 Å². The summed E-state index contributed by atoms with van der Waals surface area (Å²) >= 11 is 0. The monoisotopic (exact) mass is 218 g/mol. The fraction of sp³-hybridized carbons (Fsp3) is 0.818. The van der Waals surface area contributed by atoms with E-state index in [9.17, 15) is 9.59 Å². The van der Waals surface area contributed by atoms with Crippen molar-refractivity contribution in [2.24, 2.45) is 17.1 Å². The van der Waals surface area contributed by atoms with Crippen LogP contribution in [0.3, 0.4) is 0 Å². The average Bonchev–Trinajstić information content (AvgIpc) is 2.98. The molecule has 0 bridgehead atoms. The lowest BCUT2D eigenvalue weighted by Crippen LogP contribution is -2.41. The first-order valence-electron chi connectivity index (χ1n) is 5.57. The van der Waals surface area contributed by atoms with Crippen molar-refractivity contribution in [2.45, 2.75) is 40.5 Å². The summed E-state index contributed by atoms with van der Waals surface area (Å²) in [6.07, 6.45) is 1.21. The zero-order valence-electron chi connectivity index (χ0n) is 10.1. The second-order valence-electron chi connectivity index (χ2n) is 4.05. The van der Waals surface area contributed by atoms with Crippen LogP contribution >= 0.6 is 0 Å². The van der Waals surface area contributed by atoms with E-state index in [1.165, 1.54) is 0 Å². The molecule has 0 unspecified atom stereocenters. The van der Waals surface area contributed by atoms with Crippen molar-refractivity contribution in [1.82, 2.24) is 5.32 Å². The Morgan fingerprint density at radius 3 is 2.13 bits per heavy atom. The fourth-order valence-corrected chi connectivity index (χ4v) is 1.18. The van der Waals surface area contributed by atoms with Gasteiger partial charge in [-0.3, -0.25) is 9.59 Å². The van der Waals surface area contributed by atoms with E-state index in [4.69, 9.17) is 5.73 Å². The Bertz CT molecular complexity index is 242. The minimum atomic E-state index is -0.866. The molecule has 1 fully saturated rings. The zero-order chi connectivity index (χ0) is 12.1. The van der Waals surface area contributed by atoms with Gasteiger partial charge in [-0.1, -0.05) is 27.7 Å². The molecule has 0 atom stereocenters. The van der Waals surface area contributed by atoms with Gasteiger partial charge >= 0.3 is 0 Å². The molecule has 1 aliphatic carbocycles. The number of hydrogen-bond donors (Lipinski definition) is 2. The van der Waals surface area contributed by atoms with Gasteiger partial charge in [0.25, 0.3) is 0 Å². The molecule has 0 aromatic rings. The van der Waals surface area contributed by atoms with Crippen molar-refractivity contribution in [1.29, 1.82) is 0 Å². The maximum atomic E-state index is 11.5. The first-order valence-corrected chi connectivity index (χ1v) is 5.57. The maximum absolute atomic E-state index is 11.5. The summed E-state index contributed by atoms with van der Waals surface area (Å²) < 4.78 is 0. The molecule has 4 heteroatoms. The molecule has 2 amide bonds. The van der Waals surface area contributed by atoms with Gasteiger partial charge in [-0.25, -0.2) is 0 Å². The molecule has 0 saturated heterocycles. The van der Waals surface area contributed by atoms with E-state index in [0.29, 0.717) is 25.3 Å². The van der Waals surface area contributed by atoms with Crippen molar-refractivity contribution in [3.8, 4) is 0 Å². The van der Waals surface area contributed by atoms with Gasteiger partial charge in [0, 0.05) is 9.40 Å². The Labute approximate surface area is 94.6 Å². The fourth-order valence-electron chi connectivity index (χ4n) is 1.18. The van der Waals surface area contributed by atoms with Gasteiger partial charge in [-0.05, 0) is 18.8 Å². The van der Waals surface area contributed by atoms with Gasteiger partial charge in [0.1, 0.15) is 5.41 Å². The molecular formula is C11H26N2O2. The van der Waals surface area contributed by atoms with Crippen molar-refractivity contribution in [3.05, 3.63) is 0 Å². The number of amides is 2. The molecule has 15 heavy (non-hydrogen) atoms. The smallest absolute Gasteiger partial charge is 0.235 e. The van der Waals surface area contributed by atoms with Gasteiger partial charge in [0.2, 0.25) is 11.8 Å². The van der Waals surface area contributed by atoms with Crippen LogP contribution in [-0.2, 0) is 9.59 Å². The van der Waals surface area contributed by atoms with Crippen LogP contribution in [0.1, 0.15) is 43.4 Å². The minimum Gasteiger partial charge on any atom is -0.369 e. The highest BCUT2D eigenvalue weighted by atomic mass is 16.2. The number of hydrogen-bond acceptors (Lipinski definition) is 2. The Balaban J connectivity index is -0.000000464. The van der Waals surface area contributed by atoms with E-state index in [2.05, 4.69) is 5.32 Å². The molecule has 0 spiro atoms. The zero-order valence-corrected chi connectivity index (χ0v) is 10.1. The molecule has 0 heterocycles. The topological polar surface area (TPSA) is 72.2 Å². The average molecular weight is 218 g/mol. The number of nitrogens with one attached hydrogen (secondary N) is 1. The minimum absolute atomic E-state index is 0. The summed E-state index contributed by atoms with van der Waals surface area (Å²) in [6.45, 7) is 8.61. The van der Waals surface area contributed by atoms with Crippen molar-refractivity contribution < 1.29 is 12.4 Å². The number of carbonyl (C=O) groups excluding carboxylic acids is 2. The molecule has 1 rings (SSSR count). The summed E-state index contributed by atoms with van der Waals surface area (Å²) in [4.78, 5) is 22.4. The lowest BCUT2D eigenvalue weighted by atomic mass is 10.1. The van der Waals surface area contributed by atoms with Crippen LogP contribution < -0.4 is 11.1 Å². The highest BCUT2D eigenvalue weighted by Gasteiger charge is 2.55. The first kappa shape index (κ1) is 13.9. The summed E-state index contributed by atoms with van der Waals surface area (Å²) in [5, 5.41) is 2.73. The van der Waals surface area contributed by atoms with Gasteiger partial charge in [-0.2, -0.15) is 0 Å². The standard InChI is InChI=1S/C9H16N2O2.C2H6.2H2/c1-6(2)5-11-8(13)9(3-4-9)7(10)12;1-2;;/h6H,3-5H2,1-2H3,(H2,10,12)(H,11,13);1-2H3;2*1H. The first-order chi connectivity index (χ1) is 6.99. The number of nitrogens with two attached hydrogens (primary N) is 1. The van der Waals surface area contributed by atoms with Gasteiger partial charge < -0.3 is 11.1 Å². The van der Waals surface area contributed by atoms with Crippen molar-refractivity contribution in [2.75, 3.05) is 6.54 Å². The van der Waals surface area contributed by atoms with Crippen LogP contribution in [0.5, 0.6) is 0 Å². The maximum Gasteiger partial charge on any atom is 0.235 e. The molecule has 4 nitrogen and oxygen atoms in total. The normalized spacial score (nSPS) is 16.3. The Morgan fingerprint density at radius 2 is 1.87 bits per heavy atom. The molecule has 1 aliphatic rings. The van der Waals surface area contributed by atoms with Crippen molar-refractivity contribution >= 4 is 11.8 Å². The Morgan fingerprint density at radius 1 is 1.40 bits per heavy atom. The van der Waals surface area contributed by atoms with E-state index in [0.717, 1.165) is 0 Å². The third kappa shape index (κ3) is 3.53. The predicted octanol–water partition coefficient (Wildman–Crippen LogP) is 1.54. The molecular weight excluding hydrogens is 192 g/mol. The lowest BCUT2D eigenvalue weighted by molar-refractivity contribution is -0.135. The van der Waals surface area contributed by atoms with Crippen LogP contribution in [0, 0.1) is 11.3 Å². The van der Waals surface area contributed by atoms with E-state index in [1.807, 2.05) is 27.7 Å². The molecule has 0 aliphatic heterocycles. The van der Waals surface area contributed by atoms with Crippen LogP contribution in [-0.4, -0.2) is 18.4 Å². The highest BCUT2D eigenvalue weighted by Crippen LogP contribution is 2.45. The summed E-state index contributed by atoms with van der Waals surface area (Å²) in [6, 6.07) is 0. The van der Waals surface area contributed by atoms with Crippen molar-refractivity contribution in [3.63, 3.8) is 0 Å². The molecule has 3 N–H and O–H groups in total. The third-order valence-electron chi connectivity index (χ3n) is 2.33.